The summed E-state index contributed by atoms with van der Waals surface area (Å²) in [4.78, 5) is 0. The maximum atomic E-state index is 9.98. The van der Waals surface area contributed by atoms with Gasteiger partial charge < -0.3 is 9.84 Å². The Bertz CT molecular complexity index is 329. The van der Waals surface area contributed by atoms with Gasteiger partial charge in [-0.3, -0.25) is 0 Å². The van der Waals surface area contributed by atoms with E-state index >= 15 is 0 Å². The Labute approximate surface area is 97.3 Å². The van der Waals surface area contributed by atoms with Crippen LogP contribution in [0.1, 0.15) is 42.9 Å². The Kier molecular flexibility index (Phi) is 3.97. The first-order chi connectivity index (χ1) is 7.75. The van der Waals surface area contributed by atoms with Crippen LogP contribution in [0.5, 0.6) is 0 Å². The molecule has 1 aromatic carbocycles. The van der Waals surface area contributed by atoms with Crippen molar-refractivity contribution in [1.82, 2.24) is 0 Å². The van der Waals surface area contributed by atoms with Gasteiger partial charge in [0.25, 0.3) is 0 Å². The molecule has 1 aromatic rings. The molecule has 2 nitrogen and oxygen atoms in total. The summed E-state index contributed by atoms with van der Waals surface area (Å²) >= 11 is 0. The van der Waals surface area contributed by atoms with Gasteiger partial charge in [-0.05, 0) is 25.3 Å². The summed E-state index contributed by atoms with van der Waals surface area (Å²) in [6.07, 6.45) is 4.73. The van der Waals surface area contributed by atoms with E-state index in [4.69, 9.17) is 4.74 Å². The highest BCUT2D eigenvalue weighted by Crippen LogP contribution is 2.23. The van der Waals surface area contributed by atoms with E-state index in [1.807, 2.05) is 31.2 Å². The van der Waals surface area contributed by atoms with Crippen LogP contribution in [0.15, 0.2) is 24.3 Å². The summed E-state index contributed by atoms with van der Waals surface area (Å²) < 4.78 is 5.71. The molecule has 0 amide bonds. The fourth-order valence-electron chi connectivity index (χ4n) is 2.26. The molecule has 0 radical (unpaired) electrons. The van der Waals surface area contributed by atoms with E-state index in [0.29, 0.717) is 12.7 Å². The van der Waals surface area contributed by atoms with Gasteiger partial charge in [-0.2, -0.15) is 0 Å². The lowest BCUT2D eigenvalue weighted by Gasteiger charge is -2.16. The second kappa shape index (κ2) is 5.46. The Morgan fingerprint density at radius 2 is 2.12 bits per heavy atom. The summed E-state index contributed by atoms with van der Waals surface area (Å²) in [7, 11) is 0. The lowest BCUT2D eigenvalue weighted by Crippen LogP contribution is -2.14. The summed E-state index contributed by atoms with van der Waals surface area (Å²) in [6, 6.07) is 7.98. The van der Waals surface area contributed by atoms with Gasteiger partial charge in [0.05, 0.1) is 12.7 Å². The number of aliphatic hydroxyl groups is 1. The van der Waals surface area contributed by atoms with Gasteiger partial charge in [0.15, 0.2) is 0 Å². The van der Waals surface area contributed by atoms with Crippen LogP contribution in [0.2, 0.25) is 0 Å². The van der Waals surface area contributed by atoms with Crippen LogP contribution >= 0.6 is 0 Å². The number of hydrogen-bond acceptors (Lipinski definition) is 2. The molecule has 16 heavy (non-hydrogen) atoms. The normalized spacial score (nSPS) is 18.9. The number of hydrogen-bond donors (Lipinski definition) is 1. The highest BCUT2D eigenvalue weighted by atomic mass is 16.5. The van der Waals surface area contributed by atoms with Crippen molar-refractivity contribution < 1.29 is 9.84 Å². The minimum Gasteiger partial charge on any atom is -0.386 e. The first kappa shape index (κ1) is 11.6. The summed E-state index contributed by atoms with van der Waals surface area (Å²) in [6.45, 7) is 2.46. The molecule has 1 unspecified atom stereocenters. The molecule has 0 bridgehead atoms. The van der Waals surface area contributed by atoms with Crippen molar-refractivity contribution in [2.45, 2.75) is 44.8 Å². The summed E-state index contributed by atoms with van der Waals surface area (Å²) in [5.74, 6) is 0. The van der Waals surface area contributed by atoms with E-state index in [0.717, 1.165) is 18.4 Å². The molecule has 1 N–H and O–H groups in total. The van der Waals surface area contributed by atoms with Crippen molar-refractivity contribution in [2.24, 2.45) is 0 Å². The van der Waals surface area contributed by atoms with Crippen LogP contribution in [0.4, 0.5) is 0 Å². The Morgan fingerprint density at radius 3 is 2.81 bits per heavy atom. The molecule has 88 valence electrons. The fraction of sp³-hybridized carbons (Fsp3) is 0.571. The van der Waals surface area contributed by atoms with Gasteiger partial charge in [0, 0.05) is 0 Å². The lowest BCUT2D eigenvalue weighted by atomic mass is 10.1. The maximum absolute atomic E-state index is 9.98. The monoisotopic (exact) mass is 220 g/mol. The molecular weight excluding hydrogens is 200 g/mol. The maximum Gasteiger partial charge on any atom is 0.102 e. The molecular formula is C14H20O2. The van der Waals surface area contributed by atoms with Gasteiger partial charge in [0.2, 0.25) is 0 Å². The fourth-order valence-corrected chi connectivity index (χ4v) is 2.26. The second-order valence-corrected chi connectivity index (χ2v) is 4.67. The van der Waals surface area contributed by atoms with E-state index < -0.39 is 6.10 Å². The van der Waals surface area contributed by atoms with Crippen molar-refractivity contribution >= 4 is 0 Å². The molecule has 0 aliphatic heterocycles. The van der Waals surface area contributed by atoms with Crippen molar-refractivity contribution in [3.05, 3.63) is 35.4 Å². The average molecular weight is 220 g/mol. The predicted molar refractivity (Wildman–Crippen MR) is 64.3 cm³/mol. The van der Waals surface area contributed by atoms with Gasteiger partial charge in [-0.1, -0.05) is 42.7 Å². The van der Waals surface area contributed by atoms with Crippen molar-refractivity contribution in [3.8, 4) is 0 Å². The quantitative estimate of drug-likeness (QED) is 0.845. The molecule has 2 heteroatoms. The third kappa shape index (κ3) is 3.06. The van der Waals surface area contributed by atoms with Crippen molar-refractivity contribution in [2.75, 3.05) is 6.61 Å². The zero-order valence-electron chi connectivity index (χ0n) is 9.86. The Morgan fingerprint density at radius 1 is 1.38 bits per heavy atom. The minimum absolute atomic E-state index is 0.374. The molecule has 1 aliphatic carbocycles. The van der Waals surface area contributed by atoms with Gasteiger partial charge in [-0.25, -0.2) is 0 Å². The minimum atomic E-state index is -0.486. The SMILES string of the molecule is Cc1cccc(C(O)COC2CCCC2)c1. The summed E-state index contributed by atoms with van der Waals surface area (Å²) in [5.41, 5.74) is 2.13. The first-order valence-corrected chi connectivity index (χ1v) is 6.12. The Balaban J connectivity index is 1.85. The number of aryl methyl sites for hydroxylation is 1. The van der Waals surface area contributed by atoms with Crippen LogP contribution < -0.4 is 0 Å². The van der Waals surface area contributed by atoms with E-state index in [1.165, 1.54) is 18.4 Å². The van der Waals surface area contributed by atoms with Crippen molar-refractivity contribution in [1.29, 1.82) is 0 Å². The van der Waals surface area contributed by atoms with Crippen LogP contribution in [0.3, 0.4) is 0 Å². The highest BCUT2D eigenvalue weighted by Gasteiger charge is 2.17. The molecule has 1 fully saturated rings. The molecule has 1 atom stereocenters. The second-order valence-electron chi connectivity index (χ2n) is 4.67. The van der Waals surface area contributed by atoms with E-state index in [9.17, 15) is 5.11 Å². The molecule has 1 saturated carbocycles. The van der Waals surface area contributed by atoms with Gasteiger partial charge >= 0.3 is 0 Å². The van der Waals surface area contributed by atoms with Crippen molar-refractivity contribution in [3.63, 3.8) is 0 Å². The third-order valence-electron chi connectivity index (χ3n) is 3.22. The van der Waals surface area contributed by atoms with Crippen LogP contribution in [-0.2, 0) is 4.74 Å². The first-order valence-electron chi connectivity index (χ1n) is 6.12. The van der Waals surface area contributed by atoms with Crippen LogP contribution in [0, 0.1) is 6.92 Å². The predicted octanol–water partition coefficient (Wildman–Crippen LogP) is 2.99. The molecule has 0 saturated heterocycles. The molecule has 0 spiro atoms. The van der Waals surface area contributed by atoms with Crippen LogP contribution in [0.25, 0.3) is 0 Å². The standard InChI is InChI=1S/C14H20O2/c1-11-5-4-6-12(9-11)14(15)10-16-13-7-2-3-8-13/h4-6,9,13-15H,2-3,7-8,10H2,1H3. The lowest BCUT2D eigenvalue weighted by molar-refractivity contribution is -0.00700. The number of ether oxygens (including phenoxy) is 1. The highest BCUT2D eigenvalue weighted by molar-refractivity contribution is 5.23. The number of aliphatic hydroxyl groups excluding tert-OH is 1. The van der Waals surface area contributed by atoms with Gasteiger partial charge in [0.1, 0.15) is 6.10 Å². The average Bonchev–Trinajstić information content (AvgIpc) is 2.78. The van der Waals surface area contributed by atoms with Gasteiger partial charge in [-0.15, -0.1) is 0 Å². The largest absolute Gasteiger partial charge is 0.386 e. The molecule has 0 heterocycles. The van der Waals surface area contributed by atoms with E-state index in [1.54, 1.807) is 0 Å². The molecule has 2 rings (SSSR count). The molecule has 0 aromatic heterocycles. The zero-order valence-corrected chi connectivity index (χ0v) is 9.86. The number of benzene rings is 1. The Hall–Kier alpha value is -0.860. The van der Waals surface area contributed by atoms with E-state index in [-0.39, 0.29) is 0 Å². The smallest absolute Gasteiger partial charge is 0.102 e. The number of rotatable bonds is 4. The summed E-state index contributed by atoms with van der Waals surface area (Å²) in [5, 5.41) is 9.98. The topological polar surface area (TPSA) is 29.5 Å². The third-order valence-corrected chi connectivity index (χ3v) is 3.22. The zero-order chi connectivity index (χ0) is 11.4. The van der Waals surface area contributed by atoms with Crippen LogP contribution in [-0.4, -0.2) is 17.8 Å². The molecule has 1 aliphatic rings. The van der Waals surface area contributed by atoms with E-state index in [2.05, 4.69) is 0 Å².